The summed E-state index contributed by atoms with van der Waals surface area (Å²) in [4.78, 5) is 9.14. The monoisotopic (exact) mass is 779 g/mol. The minimum Gasteiger partial charge on any atom is -0.497 e. The summed E-state index contributed by atoms with van der Waals surface area (Å²) < 4.78 is 8.85. The van der Waals surface area contributed by atoms with Crippen molar-refractivity contribution in [1.82, 2.24) is 4.98 Å². The molecule has 6 aromatic rings. The van der Waals surface area contributed by atoms with Gasteiger partial charge < -0.3 is 14.5 Å². The zero-order valence-electron chi connectivity index (χ0n) is 24.5. The van der Waals surface area contributed by atoms with Gasteiger partial charge in [0.1, 0.15) is 5.06 Å². The number of benzene rings is 3. The number of nitrogens with zero attached hydrogens (tertiary/aromatic N) is 3. The number of anilines is 2. The van der Waals surface area contributed by atoms with Crippen LogP contribution in [0.1, 0.15) is 40.2 Å². The molecule has 4 heterocycles. The van der Waals surface area contributed by atoms with Crippen molar-refractivity contribution in [2.24, 2.45) is 0 Å². The van der Waals surface area contributed by atoms with E-state index in [1.807, 2.05) is 24.4 Å². The van der Waals surface area contributed by atoms with Crippen LogP contribution in [0.4, 0.5) is 11.4 Å². The third kappa shape index (κ3) is 5.53. The number of hydrogen-bond acceptors (Lipinski definition) is 6. The van der Waals surface area contributed by atoms with E-state index >= 15 is 0 Å². The zero-order valence-corrected chi connectivity index (χ0v) is 28.4. The standard InChI is InChI=1S/C36H30N3OS2.Pt/c1-23-24(2)39(22-38(23)26-10-7-6-8-11-26)27-12-9-13-28(19-27)40-34-21-31-30(20-33-29(15-17-41-33)35(31)42-34)32-18-25(14-16-37-32)36(3,4)5;/h6-18,20,22H,1-5H3;/q-3;. The molecular formula is C36H30N3OPtS2-3. The molecule has 1 aliphatic heterocycles. The van der Waals surface area contributed by atoms with Crippen molar-refractivity contribution < 1.29 is 25.8 Å². The SMILES string of the molecule is CC1=C(C)N(c2ccccc2)[CH-]N1c1[c-]c(Oc2[c-]c3c(-c4cc(C(C)(C)C)ccn4)cc4sccc4c3s2)ccc1.[Pt]. The normalized spacial score (nSPS) is 13.7. The Morgan fingerprint density at radius 1 is 0.884 bits per heavy atom. The number of rotatable bonds is 5. The quantitative estimate of drug-likeness (QED) is 0.163. The van der Waals surface area contributed by atoms with Crippen molar-refractivity contribution in [2.45, 2.75) is 40.0 Å². The number of fused-ring (bicyclic) bond motifs is 3. The van der Waals surface area contributed by atoms with Gasteiger partial charge in [-0.25, -0.2) is 0 Å². The first-order chi connectivity index (χ1) is 20.3. The summed E-state index contributed by atoms with van der Waals surface area (Å²) >= 11 is 3.37. The van der Waals surface area contributed by atoms with Crippen LogP contribution in [0.2, 0.25) is 0 Å². The molecule has 4 nitrogen and oxygen atoms in total. The Kier molecular flexibility index (Phi) is 7.97. The summed E-state index contributed by atoms with van der Waals surface area (Å²) in [5, 5.41) is 5.12. The third-order valence-corrected chi connectivity index (χ3v) is 9.62. The molecule has 220 valence electrons. The molecule has 0 fully saturated rings. The molecule has 0 atom stereocenters. The molecule has 0 spiro atoms. The van der Waals surface area contributed by atoms with E-state index in [1.165, 1.54) is 26.0 Å². The molecule has 43 heavy (non-hydrogen) atoms. The van der Waals surface area contributed by atoms with Gasteiger partial charge in [0.15, 0.2) is 0 Å². The minimum atomic E-state index is 0. The smallest absolute Gasteiger partial charge is 0.107 e. The zero-order chi connectivity index (χ0) is 29.0. The van der Waals surface area contributed by atoms with Gasteiger partial charge in [-0.15, -0.1) is 48.0 Å². The first-order valence-corrected chi connectivity index (χ1v) is 15.6. The molecule has 0 radical (unpaired) electrons. The van der Waals surface area contributed by atoms with Crippen LogP contribution in [-0.2, 0) is 26.5 Å². The maximum atomic E-state index is 6.45. The average Bonchev–Trinajstić information content (AvgIpc) is 3.70. The van der Waals surface area contributed by atoms with E-state index in [4.69, 9.17) is 9.72 Å². The maximum Gasteiger partial charge on any atom is 0.107 e. The van der Waals surface area contributed by atoms with Gasteiger partial charge in [-0.2, -0.15) is 22.8 Å². The molecule has 0 bridgehead atoms. The summed E-state index contributed by atoms with van der Waals surface area (Å²) in [5.74, 6) is 0.656. The molecule has 7 rings (SSSR count). The second kappa shape index (κ2) is 11.6. The summed E-state index contributed by atoms with van der Waals surface area (Å²) in [5.41, 5.74) is 7.71. The van der Waals surface area contributed by atoms with Crippen LogP contribution in [0.5, 0.6) is 10.8 Å². The molecule has 0 unspecified atom stereocenters. The number of allylic oxidation sites excluding steroid dienone is 2. The van der Waals surface area contributed by atoms with Gasteiger partial charge in [0.25, 0.3) is 0 Å². The van der Waals surface area contributed by atoms with Crippen molar-refractivity contribution in [3.63, 3.8) is 0 Å². The summed E-state index contributed by atoms with van der Waals surface area (Å²) in [7, 11) is 0. The second-order valence-corrected chi connectivity index (χ2v) is 13.4. The fourth-order valence-electron chi connectivity index (χ4n) is 5.29. The molecule has 0 saturated heterocycles. The average molecular weight is 780 g/mol. The first-order valence-electron chi connectivity index (χ1n) is 14.0. The number of hydrogen-bond donors (Lipinski definition) is 0. The number of ether oxygens (including phenoxy) is 1. The Morgan fingerprint density at radius 3 is 2.47 bits per heavy atom. The van der Waals surface area contributed by atoms with Gasteiger partial charge in [-0.3, -0.25) is 4.98 Å². The van der Waals surface area contributed by atoms with Crippen LogP contribution < -0.4 is 14.5 Å². The van der Waals surface area contributed by atoms with Crippen LogP contribution in [0.15, 0.2) is 95.8 Å². The second-order valence-electron chi connectivity index (χ2n) is 11.5. The molecule has 0 N–H and O–H groups in total. The predicted octanol–water partition coefficient (Wildman–Crippen LogP) is 10.6. The van der Waals surface area contributed by atoms with Gasteiger partial charge in [0, 0.05) is 60.5 Å². The van der Waals surface area contributed by atoms with E-state index in [1.54, 1.807) is 22.7 Å². The molecule has 1 aliphatic rings. The Labute approximate surface area is 275 Å². The van der Waals surface area contributed by atoms with Crippen molar-refractivity contribution >= 4 is 54.2 Å². The summed E-state index contributed by atoms with van der Waals surface area (Å²) in [6.07, 6.45) is 1.91. The fourth-order valence-corrected chi connectivity index (χ4v) is 7.21. The van der Waals surface area contributed by atoms with Crippen molar-refractivity contribution in [3.8, 4) is 22.1 Å². The van der Waals surface area contributed by atoms with E-state index in [0.717, 1.165) is 33.7 Å². The molecule has 7 heteroatoms. The van der Waals surface area contributed by atoms with Gasteiger partial charge in [-0.05, 0) is 59.9 Å². The van der Waals surface area contributed by atoms with E-state index in [2.05, 4.69) is 123 Å². The summed E-state index contributed by atoms with van der Waals surface area (Å²) in [6.45, 7) is 13.1. The van der Waals surface area contributed by atoms with Crippen molar-refractivity contribution in [2.75, 3.05) is 9.80 Å². The Balaban J connectivity index is 0.00000329. The van der Waals surface area contributed by atoms with Crippen LogP contribution in [0.25, 0.3) is 31.4 Å². The van der Waals surface area contributed by atoms with Gasteiger partial charge in [0.2, 0.25) is 0 Å². The molecular weight excluding hydrogens is 750 g/mol. The van der Waals surface area contributed by atoms with Crippen LogP contribution in [-0.4, -0.2) is 4.98 Å². The van der Waals surface area contributed by atoms with Crippen LogP contribution in [0, 0.1) is 18.8 Å². The Morgan fingerprint density at radius 2 is 1.67 bits per heavy atom. The molecule has 0 saturated carbocycles. The molecule has 3 aromatic carbocycles. The Bertz CT molecular complexity index is 1970. The van der Waals surface area contributed by atoms with Gasteiger partial charge in [-0.1, -0.05) is 61.4 Å². The van der Waals surface area contributed by atoms with E-state index in [9.17, 15) is 0 Å². The maximum absolute atomic E-state index is 6.45. The molecule has 0 aliphatic carbocycles. The van der Waals surface area contributed by atoms with E-state index in [-0.39, 0.29) is 26.5 Å². The molecule has 3 aromatic heterocycles. The number of para-hydroxylation sites is 1. The van der Waals surface area contributed by atoms with Crippen molar-refractivity contribution in [1.29, 1.82) is 0 Å². The largest absolute Gasteiger partial charge is 0.497 e. The molecule has 0 amide bonds. The van der Waals surface area contributed by atoms with Gasteiger partial charge in [0.05, 0.1) is 0 Å². The van der Waals surface area contributed by atoms with E-state index in [0.29, 0.717) is 10.8 Å². The number of thiophene rings is 2. The van der Waals surface area contributed by atoms with Crippen molar-refractivity contribution in [3.05, 3.63) is 120 Å². The van der Waals surface area contributed by atoms with E-state index < -0.39 is 0 Å². The number of pyridine rings is 1. The van der Waals surface area contributed by atoms with Gasteiger partial charge >= 0.3 is 0 Å². The minimum absolute atomic E-state index is 0. The topological polar surface area (TPSA) is 28.6 Å². The fraction of sp³-hybridized carbons (Fsp3) is 0.167. The van der Waals surface area contributed by atoms with Crippen LogP contribution in [0.3, 0.4) is 0 Å². The number of aromatic nitrogens is 1. The Hall–Kier alpha value is -3.44. The van der Waals surface area contributed by atoms with Crippen LogP contribution >= 0.6 is 22.7 Å². The third-order valence-electron chi connectivity index (χ3n) is 7.76. The first kappa shape index (κ1) is 29.6. The predicted molar refractivity (Wildman–Crippen MR) is 177 cm³/mol. The summed E-state index contributed by atoms with van der Waals surface area (Å²) in [6, 6.07) is 32.2.